The number of nitrogens with zero attached hydrogens (tertiary/aromatic N) is 1. The Bertz CT molecular complexity index is 396. The normalized spacial score (nSPS) is 10.9. The smallest absolute Gasteiger partial charge is 0.331 e. The SMILES string of the molecule is CCC(=O)N(CCC(=CC(=O)O)C(=O)O)C(=O)CC. The molecule has 0 rings (SSSR count). The summed E-state index contributed by atoms with van der Waals surface area (Å²) >= 11 is 0. The summed E-state index contributed by atoms with van der Waals surface area (Å²) in [4.78, 5) is 45.3. The van der Waals surface area contributed by atoms with Crippen LogP contribution < -0.4 is 0 Å². The van der Waals surface area contributed by atoms with Crippen molar-refractivity contribution in [2.75, 3.05) is 6.54 Å². The minimum Gasteiger partial charge on any atom is -0.478 e. The monoisotopic (exact) mass is 271 g/mol. The molecule has 0 spiro atoms. The van der Waals surface area contributed by atoms with Gasteiger partial charge in [-0.05, 0) is 6.42 Å². The number of imide groups is 1. The number of carbonyl (C=O) groups is 4. The van der Waals surface area contributed by atoms with Crippen LogP contribution >= 0.6 is 0 Å². The van der Waals surface area contributed by atoms with Crippen molar-refractivity contribution in [1.82, 2.24) is 4.90 Å². The van der Waals surface area contributed by atoms with E-state index < -0.39 is 23.8 Å². The second-order valence-corrected chi connectivity index (χ2v) is 3.71. The van der Waals surface area contributed by atoms with Crippen molar-refractivity contribution < 1.29 is 29.4 Å². The van der Waals surface area contributed by atoms with Crippen LogP contribution in [-0.2, 0) is 19.2 Å². The van der Waals surface area contributed by atoms with E-state index in [1.807, 2.05) is 0 Å². The molecule has 2 N–H and O–H groups in total. The first-order chi connectivity index (χ1) is 8.83. The summed E-state index contributed by atoms with van der Waals surface area (Å²) in [6.45, 7) is 3.04. The first-order valence-electron chi connectivity index (χ1n) is 5.83. The minimum absolute atomic E-state index is 0.122. The van der Waals surface area contributed by atoms with Crippen LogP contribution in [0.1, 0.15) is 33.1 Å². The molecule has 0 aromatic heterocycles. The van der Waals surface area contributed by atoms with Gasteiger partial charge in [0.05, 0.1) is 0 Å². The van der Waals surface area contributed by atoms with E-state index in [9.17, 15) is 19.2 Å². The molecule has 0 fully saturated rings. The molecule has 0 heterocycles. The second-order valence-electron chi connectivity index (χ2n) is 3.71. The van der Waals surface area contributed by atoms with Gasteiger partial charge in [0.25, 0.3) is 0 Å². The van der Waals surface area contributed by atoms with Gasteiger partial charge < -0.3 is 10.2 Å². The van der Waals surface area contributed by atoms with Crippen molar-refractivity contribution in [3.8, 4) is 0 Å². The topological polar surface area (TPSA) is 112 Å². The van der Waals surface area contributed by atoms with Gasteiger partial charge in [-0.3, -0.25) is 14.5 Å². The third kappa shape index (κ3) is 5.80. The summed E-state index contributed by atoms with van der Waals surface area (Å²) in [5, 5.41) is 17.3. The molecule has 0 aliphatic rings. The lowest BCUT2D eigenvalue weighted by atomic mass is 10.1. The van der Waals surface area contributed by atoms with Crippen molar-refractivity contribution in [3.05, 3.63) is 11.6 Å². The molecule has 0 aliphatic carbocycles. The molecule has 0 aromatic rings. The second kappa shape index (κ2) is 8.02. The molecule has 0 radical (unpaired) electrons. The maximum absolute atomic E-state index is 11.5. The van der Waals surface area contributed by atoms with Gasteiger partial charge in [0.2, 0.25) is 11.8 Å². The Kier molecular flexibility index (Phi) is 7.10. The number of rotatable bonds is 7. The van der Waals surface area contributed by atoms with Gasteiger partial charge in [0.15, 0.2) is 0 Å². The Balaban J connectivity index is 4.87. The molecular weight excluding hydrogens is 254 g/mol. The molecule has 0 aliphatic heterocycles. The average molecular weight is 271 g/mol. The van der Waals surface area contributed by atoms with Crippen LogP contribution in [0.4, 0.5) is 0 Å². The van der Waals surface area contributed by atoms with E-state index in [1.54, 1.807) is 13.8 Å². The van der Waals surface area contributed by atoms with Crippen molar-refractivity contribution in [3.63, 3.8) is 0 Å². The van der Waals surface area contributed by atoms with Crippen LogP contribution in [-0.4, -0.2) is 45.4 Å². The first-order valence-corrected chi connectivity index (χ1v) is 5.83. The predicted octanol–water partition coefficient (Wildman–Crippen LogP) is 0.647. The van der Waals surface area contributed by atoms with Crippen LogP contribution in [0.2, 0.25) is 0 Å². The van der Waals surface area contributed by atoms with E-state index in [4.69, 9.17) is 10.2 Å². The number of amides is 2. The lowest BCUT2D eigenvalue weighted by Gasteiger charge is -2.19. The highest BCUT2D eigenvalue weighted by molar-refractivity contribution is 5.96. The third-order valence-corrected chi connectivity index (χ3v) is 2.38. The van der Waals surface area contributed by atoms with Gasteiger partial charge in [-0.1, -0.05) is 13.8 Å². The number of carboxylic acid groups (broad SMARTS) is 2. The maximum Gasteiger partial charge on any atom is 0.331 e. The number of carbonyl (C=O) groups excluding carboxylic acids is 2. The summed E-state index contributed by atoms with van der Waals surface area (Å²) in [6.07, 6.45) is 0.611. The van der Waals surface area contributed by atoms with Gasteiger partial charge >= 0.3 is 11.9 Å². The molecule has 0 aromatic carbocycles. The van der Waals surface area contributed by atoms with E-state index in [2.05, 4.69) is 0 Å². The molecule has 0 atom stereocenters. The lowest BCUT2D eigenvalue weighted by molar-refractivity contribution is -0.145. The van der Waals surface area contributed by atoms with Crippen molar-refractivity contribution in [2.24, 2.45) is 0 Å². The highest BCUT2D eigenvalue weighted by Crippen LogP contribution is 2.07. The van der Waals surface area contributed by atoms with Gasteiger partial charge in [0, 0.05) is 31.0 Å². The highest BCUT2D eigenvalue weighted by atomic mass is 16.4. The zero-order valence-corrected chi connectivity index (χ0v) is 10.9. The van der Waals surface area contributed by atoms with Crippen LogP contribution in [0.15, 0.2) is 11.6 Å². The maximum atomic E-state index is 11.5. The predicted molar refractivity (Wildman–Crippen MR) is 65.3 cm³/mol. The average Bonchev–Trinajstić information content (AvgIpc) is 2.35. The largest absolute Gasteiger partial charge is 0.478 e. The Labute approximate surface area is 110 Å². The van der Waals surface area contributed by atoms with E-state index in [0.29, 0.717) is 6.08 Å². The van der Waals surface area contributed by atoms with E-state index >= 15 is 0 Å². The Morgan fingerprint density at radius 2 is 1.47 bits per heavy atom. The van der Waals surface area contributed by atoms with Crippen LogP contribution in [0.25, 0.3) is 0 Å². The third-order valence-electron chi connectivity index (χ3n) is 2.38. The summed E-state index contributed by atoms with van der Waals surface area (Å²) in [6, 6.07) is 0. The standard InChI is InChI=1S/C12H17NO6/c1-3-9(14)13(10(15)4-2)6-5-8(12(18)19)7-11(16)17/h7H,3-6H2,1-2H3,(H,16,17)(H,18,19). The molecule has 2 amide bonds. The fraction of sp³-hybridized carbons (Fsp3) is 0.500. The van der Waals surface area contributed by atoms with Gasteiger partial charge in [-0.15, -0.1) is 0 Å². The van der Waals surface area contributed by atoms with Crippen molar-refractivity contribution in [1.29, 1.82) is 0 Å². The quantitative estimate of drug-likeness (QED) is 0.657. The number of carboxylic acids is 2. The Morgan fingerprint density at radius 1 is 1.00 bits per heavy atom. The van der Waals surface area contributed by atoms with E-state index in [0.717, 1.165) is 4.90 Å². The molecule has 106 valence electrons. The summed E-state index contributed by atoms with van der Waals surface area (Å²) < 4.78 is 0. The first kappa shape index (κ1) is 16.8. The number of hydrogen-bond donors (Lipinski definition) is 2. The molecule has 7 nitrogen and oxygen atoms in total. The summed E-state index contributed by atoms with van der Waals surface area (Å²) in [5.74, 6) is -3.58. The molecule has 0 saturated heterocycles. The van der Waals surface area contributed by atoms with Crippen LogP contribution in [0.3, 0.4) is 0 Å². The molecule has 7 heteroatoms. The van der Waals surface area contributed by atoms with Crippen molar-refractivity contribution in [2.45, 2.75) is 33.1 Å². The number of aliphatic carboxylic acids is 2. The van der Waals surface area contributed by atoms with E-state index in [1.165, 1.54) is 0 Å². The Hall–Kier alpha value is -2.18. The summed E-state index contributed by atoms with van der Waals surface area (Å²) in [7, 11) is 0. The lowest BCUT2D eigenvalue weighted by Crippen LogP contribution is -2.37. The summed E-state index contributed by atoms with van der Waals surface area (Å²) in [5.41, 5.74) is -0.356. The van der Waals surface area contributed by atoms with Gasteiger partial charge in [-0.25, -0.2) is 9.59 Å². The van der Waals surface area contributed by atoms with E-state index in [-0.39, 0.29) is 31.4 Å². The molecule has 19 heavy (non-hydrogen) atoms. The highest BCUT2D eigenvalue weighted by Gasteiger charge is 2.20. The molecule has 0 bridgehead atoms. The van der Waals surface area contributed by atoms with Crippen LogP contribution in [0, 0.1) is 0 Å². The van der Waals surface area contributed by atoms with Crippen molar-refractivity contribution >= 4 is 23.8 Å². The zero-order chi connectivity index (χ0) is 15.0. The molecular formula is C12H17NO6. The number of hydrogen-bond acceptors (Lipinski definition) is 4. The molecule has 0 saturated carbocycles. The van der Waals surface area contributed by atoms with Crippen LogP contribution in [0.5, 0.6) is 0 Å². The van der Waals surface area contributed by atoms with Gasteiger partial charge in [-0.2, -0.15) is 0 Å². The molecule has 0 unspecified atom stereocenters. The Morgan fingerprint density at radius 3 is 1.79 bits per heavy atom. The zero-order valence-electron chi connectivity index (χ0n) is 10.9. The van der Waals surface area contributed by atoms with Gasteiger partial charge in [0.1, 0.15) is 0 Å². The fourth-order valence-electron chi connectivity index (χ4n) is 1.39. The fourth-order valence-corrected chi connectivity index (χ4v) is 1.39. The minimum atomic E-state index is -1.38.